The molecule has 1 unspecified atom stereocenters. The Bertz CT molecular complexity index is 695. The fourth-order valence-corrected chi connectivity index (χ4v) is 5.20. The number of urea groups is 1. The van der Waals surface area contributed by atoms with E-state index in [2.05, 4.69) is 34.5 Å². The fourth-order valence-electron chi connectivity index (χ4n) is 5.20. The molecule has 1 saturated carbocycles. The van der Waals surface area contributed by atoms with E-state index in [0.717, 1.165) is 38.9 Å². The van der Waals surface area contributed by atoms with Crippen molar-refractivity contribution in [2.24, 2.45) is 17.3 Å². The average molecular weight is 371 g/mol. The summed E-state index contributed by atoms with van der Waals surface area (Å²) in [6.07, 6.45) is 3.68. The van der Waals surface area contributed by atoms with Gasteiger partial charge in [-0.15, -0.1) is 0 Å². The first-order chi connectivity index (χ1) is 13.1. The van der Waals surface area contributed by atoms with Crippen molar-refractivity contribution in [3.8, 4) is 0 Å². The van der Waals surface area contributed by atoms with Crippen LogP contribution in [0.4, 0.5) is 4.79 Å². The first-order valence-corrected chi connectivity index (χ1v) is 10.1. The van der Waals surface area contributed by atoms with E-state index in [4.69, 9.17) is 0 Å². The van der Waals surface area contributed by atoms with E-state index in [1.807, 2.05) is 6.07 Å². The van der Waals surface area contributed by atoms with Crippen molar-refractivity contribution in [1.82, 2.24) is 15.1 Å². The molecule has 3 aliphatic rings. The highest BCUT2D eigenvalue weighted by Gasteiger charge is 2.55. The van der Waals surface area contributed by atoms with Crippen LogP contribution in [0.1, 0.15) is 31.2 Å². The van der Waals surface area contributed by atoms with Crippen LogP contribution in [0.5, 0.6) is 0 Å². The molecule has 4 rings (SSSR count). The monoisotopic (exact) mass is 371 g/mol. The number of benzene rings is 1. The van der Waals surface area contributed by atoms with Crippen molar-refractivity contribution >= 4 is 12.0 Å². The van der Waals surface area contributed by atoms with Crippen LogP contribution in [0.3, 0.4) is 0 Å². The number of hydrogen-bond acceptors (Lipinski definition) is 3. The van der Waals surface area contributed by atoms with Gasteiger partial charge in [0.05, 0.1) is 5.41 Å². The second kappa shape index (κ2) is 7.50. The van der Waals surface area contributed by atoms with Crippen molar-refractivity contribution in [2.45, 2.75) is 32.2 Å². The minimum Gasteiger partial charge on any atom is -0.481 e. The molecule has 3 atom stereocenters. The maximum atomic E-state index is 12.6. The van der Waals surface area contributed by atoms with Crippen molar-refractivity contribution in [2.75, 3.05) is 32.7 Å². The molecule has 3 fully saturated rings. The van der Waals surface area contributed by atoms with Crippen LogP contribution in [0.2, 0.25) is 0 Å². The van der Waals surface area contributed by atoms with E-state index in [1.54, 1.807) is 4.90 Å². The van der Waals surface area contributed by atoms with Gasteiger partial charge in [-0.05, 0) is 43.2 Å². The fraction of sp³-hybridized carbons (Fsp3) is 0.619. The number of fused-ring (bicyclic) bond motifs is 1. The molecule has 1 aromatic rings. The number of likely N-dealkylation sites (tertiary alicyclic amines) is 2. The summed E-state index contributed by atoms with van der Waals surface area (Å²) in [4.78, 5) is 28.5. The highest BCUT2D eigenvalue weighted by molar-refractivity contribution is 5.80. The van der Waals surface area contributed by atoms with Crippen molar-refractivity contribution in [3.63, 3.8) is 0 Å². The van der Waals surface area contributed by atoms with Gasteiger partial charge >= 0.3 is 12.0 Å². The van der Waals surface area contributed by atoms with Gasteiger partial charge in [-0.1, -0.05) is 36.8 Å². The molecule has 146 valence electrons. The number of carboxylic acid groups (broad SMARTS) is 1. The number of amides is 2. The van der Waals surface area contributed by atoms with Gasteiger partial charge in [-0.3, -0.25) is 9.69 Å². The number of carbonyl (C=O) groups excluding carboxylic acids is 1. The summed E-state index contributed by atoms with van der Waals surface area (Å²) >= 11 is 0. The van der Waals surface area contributed by atoms with Crippen LogP contribution in [-0.4, -0.2) is 59.6 Å². The number of rotatable bonds is 5. The van der Waals surface area contributed by atoms with Crippen molar-refractivity contribution in [1.29, 1.82) is 0 Å². The summed E-state index contributed by atoms with van der Waals surface area (Å²) in [6, 6.07) is 10.4. The molecule has 2 N–H and O–H groups in total. The zero-order chi connectivity index (χ0) is 18.9. The summed E-state index contributed by atoms with van der Waals surface area (Å²) in [7, 11) is 0. The Balaban J connectivity index is 1.24. The largest absolute Gasteiger partial charge is 0.481 e. The number of carbonyl (C=O) groups is 2. The molecule has 2 heterocycles. The van der Waals surface area contributed by atoms with Gasteiger partial charge < -0.3 is 15.3 Å². The van der Waals surface area contributed by atoms with Crippen LogP contribution < -0.4 is 5.32 Å². The Morgan fingerprint density at radius 1 is 1.19 bits per heavy atom. The third-order valence-corrected chi connectivity index (χ3v) is 6.74. The molecule has 1 aliphatic carbocycles. The maximum absolute atomic E-state index is 12.6. The SMILES string of the molecule is O=C(NCC1CCN(Cc2ccccc2)C1)N1C[C@@H]2CCC[C@@]2(C(=O)O)C1. The quantitative estimate of drug-likeness (QED) is 0.834. The lowest BCUT2D eigenvalue weighted by Gasteiger charge is -2.23. The van der Waals surface area contributed by atoms with Gasteiger partial charge in [-0.2, -0.15) is 0 Å². The minimum absolute atomic E-state index is 0.0912. The van der Waals surface area contributed by atoms with E-state index in [9.17, 15) is 14.7 Å². The lowest BCUT2D eigenvalue weighted by atomic mass is 9.81. The van der Waals surface area contributed by atoms with Gasteiger partial charge in [0.25, 0.3) is 0 Å². The standard InChI is InChI=1S/C21H29N3O3/c25-19(26)21-9-4-7-18(21)14-24(15-21)20(27)22-11-17-8-10-23(13-17)12-16-5-2-1-3-6-16/h1-3,5-6,17-18H,4,7-15H2,(H,22,27)(H,25,26)/t17?,18-,21+/m0/s1. The van der Waals surface area contributed by atoms with Gasteiger partial charge in [0.15, 0.2) is 0 Å². The molecule has 2 aliphatic heterocycles. The summed E-state index contributed by atoms with van der Waals surface area (Å²) < 4.78 is 0. The maximum Gasteiger partial charge on any atom is 0.317 e. The highest BCUT2D eigenvalue weighted by Crippen LogP contribution is 2.48. The molecule has 0 aromatic heterocycles. The van der Waals surface area contributed by atoms with E-state index >= 15 is 0 Å². The first-order valence-electron chi connectivity index (χ1n) is 10.1. The molecule has 2 amide bonds. The predicted octanol–water partition coefficient (Wildman–Crippen LogP) is 2.40. The third-order valence-electron chi connectivity index (χ3n) is 6.74. The summed E-state index contributed by atoms with van der Waals surface area (Å²) in [5.74, 6) is -0.144. The first kappa shape index (κ1) is 18.3. The zero-order valence-corrected chi connectivity index (χ0v) is 15.8. The molecule has 6 heteroatoms. The normalized spacial score (nSPS) is 30.4. The molecule has 27 heavy (non-hydrogen) atoms. The molecular formula is C21H29N3O3. The smallest absolute Gasteiger partial charge is 0.317 e. The van der Waals surface area contributed by atoms with Gasteiger partial charge in [0, 0.05) is 32.7 Å². The summed E-state index contributed by atoms with van der Waals surface area (Å²) in [5, 5.41) is 12.7. The van der Waals surface area contributed by atoms with Crippen LogP contribution in [0.15, 0.2) is 30.3 Å². The Hall–Kier alpha value is -2.08. The van der Waals surface area contributed by atoms with Crippen LogP contribution >= 0.6 is 0 Å². The molecule has 2 saturated heterocycles. The topological polar surface area (TPSA) is 72.9 Å². The van der Waals surface area contributed by atoms with Gasteiger partial charge in [0.2, 0.25) is 0 Å². The predicted molar refractivity (Wildman–Crippen MR) is 102 cm³/mol. The van der Waals surface area contributed by atoms with Gasteiger partial charge in [-0.25, -0.2) is 4.79 Å². The number of hydrogen-bond donors (Lipinski definition) is 2. The van der Waals surface area contributed by atoms with E-state index in [1.165, 1.54) is 5.56 Å². The second-order valence-electron chi connectivity index (χ2n) is 8.49. The zero-order valence-electron chi connectivity index (χ0n) is 15.8. The van der Waals surface area contributed by atoms with E-state index in [-0.39, 0.29) is 11.9 Å². The highest BCUT2D eigenvalue weighted by atomic mass is 16.4. The molecular weight excluding hydrogens is 342 g/mol. The minimum atomic E-state index is -0.729. The van der Waals surface area contributed by atoms with E-state index in [0.29, 0.717) is 32.0 Å². The number of nitrogens with zero attached hydrogens (tertiary/aromatic N) is 2. The number of aliphatic carboxylic acids is 1. The Morgan fingerprint density at radius 2 is 2.00 bits per heavy atom. The molecule has 6 nitrogen and oxygen atoms in total. The Labute approximate surface area is 160 Å². The van der Waals surface area contributed by atoms with Crippen molar-refractivity contribution in [3.05, 3.63) is 35.9 Å². The summed E-state index contributed by atoms with van der Waals surface area (Å²) in [5.41, 5.74) is 0.627. The molecule has 1 aromatic carbocycles. The summed E-state index contributed by atoms with van der Waals surface area (Å²) in [6.45, 7) is 4.64. The average Bonchev–Trinajstić information content (AvgIpc) is 3.35. The number of carboxylic acids is 1. The third kappa shape index (κ3) is 3.68. The van der Waals surface area contributed by atoms with Crippen LogP contribution in [0, 0.1) is 17.3 Å². The van der Waals surface area contributed by atoms with Gasteiger partial charge in [0.1, 0.15) is 0 Å². The molecule has 0 bridgehead atoms. The molecule has 0 spiro atoms. The second-order valence-corrected chi connectivity index (χ2v) is 8.49. The Kier molecular flexibility index (Phi) is 5.08. The lowest BCUT2D eigenvalue weighted by molar-refractivity contribution is -0.149. The Morgan fingerprint density at radius 3 is 2.74 bits per heavy atom. The lowest BCUT2D eigenvalue weighted by Crippen LogP contribution is -2.43. The van der Waals surface area contributed by atoms with E-state index < -0.39 is 11.4 Å². The van der Waals surface area contributed by atoms with Crippen LogP contribution in [-0.2, 0) is 11.3 Å². The molecule has 0 radical (unpaired) electrons. The van der Waals surface area contributed by atoms with Crippen molar-refractivity contribution < 1.29 is 14.7 Å². The number of nitrogens with one attached hydrogen (secondary N) is 1. The van der Waals surface area contributed by atoms with Crippen LogP contribution in [0.25, 0.3) is 0 Å².